The van der Waals surface area contributed by atoms with Crippen LogP contribution in [-0.4, -0.2) is 25.1 Å². The number of hydrogen-bond donors (Lipinski definition) is 1. The summed E-state index contributed by atoms with van der Waals surface area (Å²) in [5.74, 6) is -0.406. The largest absolute Gasteiger partial charge is 0.276 e. The number of para-hydroxylation sites is 1. The highest BCUT2D eigenvalue weighted by molar-refractivity contribution is 7.89. The van der Waals surface area contributed by atoms with Crippen LogP contribution >= 0.6 is 23.2 Å². The van der Waals surface area contributed by atoms with Crippen molar-refractivity contribution in [1.82, 2.24) is 9.40 Å². The normalized spacial score (nSPS) is 11.8. The van der Waals surface area contributed by atoms with Crippen molar-refractivity contribution in [2.45, 2.75) is 11.8 Å². The maximum Gasteiger partial charge on any atom is 0.276 e. The van der Waals surface area contributed by atoms with Crippen LogP contribution in [-0.2, 0) is 10.0 Å². The molecule has 1 heterocycles. The van der Waals surface area contributed by atoms with E-state index in [0.717, 1.165) is 5.56 Å². The van der Waals surface area contributed by atoms with E-state index in [4.69, 9.17) is 23.2 Å². The maximum atomic E-state index is 13.2. The molecule has 0 aliphatic carbocycles. The fraction of sp³-hybridized carbons (Fsp3) is 0.0435. The second kappa shape index (κ2) is 8.78. The van der Waals surface area contributed by atoms with Crippen LogP contribution in [0.4, 0.5) is 0 Å². The van der Waals surface area contributed by atoms with E-state index in [1.165, 1.54) is 22.9 Å². The van der Waals surface area contributed by atoms with Gasteiger partial charge in [0.1, 0.15) is 5.15 Å². The molecule has 0 radical (unpaired) electrons. The highest BCUT2D eigenvalue weighted by atomic mass is 35.5. The minimum atomic E-state index is -3.85. The Hall–Kier alpha value is -3.13. The lowest BCUT2D eigenvalue weighted by Gasteiger charge is -2.07. The molecule has 0 spiro atoms. The Kier molecular flexibility index (Phi) is 6.06. The van der Waals surface area contributed by atoms with Crippen LogP contribution in [0.25, 0.3) is 10.9 Å². The van der Waals surface area contributed by atoms with Gasteiger partial charge >= 0.3 is 0 Å². The predicted octanol–water partition coefficient (Wildman–Crippen LogP) is 5.26. The molecule has 0 bridgehead atoms. The van der Waals surface area contributed by atoms with E-state index >= 15 is 0 Å². The van der Waals surface area contributed by atoms with Gasteiger partial charge in [-0.25, -0.2) is 4.83 Å². The summed E-state index contributed by atoms with van der Waals surface area (Å²) in [5, 5.41) is 4.91. The van der Waals surface area contributed by atoms with E-state index in [1.807, 2.05) is 6.92 Å². The summed E-state index contributed by atoms with van der Waals surface area (Å²) < 4.78 is 26.3. The number of carbonyl (C=O) groups is 1. The molecule has 6 nitrogen and oxygen atoms in total. The second-order valence-electron chi connectivity index (χ2n) is 7.01. The lowest BCUT2D eigenvalue weighted by molar-refractivity contribution is 0.0965. The summed E-state index contributed by atoms with van der Waals surface area (Å²) in [6.07, 6.45) is 1.28. The van der Waals surface area contributed by atoms with Gasteiger partial charge in [0.05, 0.1) is 27.2 Å². The third-order valence-corrected chi connectivity index (χ3v) is 6.80. The van der Waals surface area contributed by atoms with Gasteiger partial charge in [0.25, 0.3) is 15.9 Å². The van der Waals surface area contributed by atoms with Crippen molar-refractivity contribution < 1.29 is 13.2 Å². The standard InChI is InChI=1S/C23H17Cl2N3O3S/c1-15-10-12-16(13-11-15)32(30,31)27-26-14-19-17-6-3-5-9-21(17)28(22(19)25)23(29)18-7-2-4-8-20(18)24/h2-14,27H,1H3. The highest BCUT2D eigenvalue weighted by Gasteiger charge is 2.22. The quantitative estimate of drug-likeness (QED) is 0.309. The number of rotatable bonds is 5. The molecule has 32 heavy (non-hydrogen) atoms. The van der Waals surface area contributed by atoms with E-state index in [2.05, 4.69) is 9.93 Å². The van der Waals surface area contributed by atoms with Crippen molar-refractivity contribution in [3.63, 3.8) is 0 Å². The average molecular weight is 486 g/mol. The third kappa shape index (κ3) is 4.14. The average Bonchev–Trinajstić information content (AvgIpc) is 3.05. The molecular formula is C23H17Cl2N3O3S. The molecule has 3 aromatic carbocycles. The first-order valence-corrected chi connectivity index (χ1v) is 11.7. The van der Waals surface area contributed by atoms with E-state index in [1.54, 1.807) is 60.7 Å². The molecule has 1 N–H and O–H groups in total. The number of benzene rings is 3. The lowest BCUT2D eigenvalue weighted by Crippen LogP contribution is -2.18. The topological polar surface area (TPSA) is 80.5 Å². The van der Waals surface area contributed by atoms with Gasteiger partial charge < -0.3 is 0 Å². The maximum absolute atomic E-state index is 13.2. The number of hydrazone groups is 1. The molecule has 0 aliphatic heterocycles. The monoisotopic (exact) mass is 485 g/mol. The van der Waals surface area contributed by atoms with E-state index in [9.17, 15) is 13.2 Å². The zero-order chi connectivity index (χ0) is 22.9. The number of halogens is 2. The molecule has 0 atom stereocenters. The van der Waals surface area contributed by atoms with Crippen molar-refractivity contribution in [2.75, 3.05) is 0 Å². The Morgan fingerprint density at radius 1 is 0.969 bits per heavy atom. The molecule has 0 amide bonds. The summed E-state index contributed by atoms with van der Waals surface area (Å²) >= 11 is 12.8. The van der Waals surface area contributed by atoms with Crippen LogP contribution < -0.4 is 4.83 Å². The Morgan fingerprint density at radius 3 is 2.34 bits per heavy atom. The molecule has 9 heteroatoms. The van der Waals surface area contributed by atoms with Crippen LogP contribution in [0.2, 0.25) is 10.2 Å². The van der Waals surface area contributed by atoms with Gasteiger partial charge in [-0.2, -0.15) is 13.5 Å². The first kappa shape index (κ1) is 22.1. The number of sulfonamides is 1. The highest BCUT2D eigenvalue weighted by Crippen LogP contribution is 2.30. The Balaban J connectivity index is 1.73. The number of hydrogen-bond acceptors (Lipinski definition) is 4. The van der Waals surface area contributed by atoms with Crippen LogP contribution in [0, 0.1) is 6.92 Å². The summed E-state index contributed by atoms with van der Waals surface area (Å²) in [4.78, 5) is 15.5. The minimum Gasteiger partial charge on any atom is -0.268 e. The lowest BCUT2D eigenvalue weighted by atomic mass is 10.2. The zero-order valence-electron chi connectivity index (χ0n) is 16.8. The minimum absolute atomic E-state index is 0.0858. The number of nitrogens with zero attached hydrogens (tertiary/aromatic N) is 2. The van der Waals surface area contributed by atoms with Crippen molar-refractivity contribution in [3.8, 4) is 0 Å². The smallest absolute Gasteiger partial charge is 0.268 e. The second-order valence-corrected chi connectivity index (χ2v) is 9.43. The van der Waals surface area contributed by atoms with Crippen LogP contribution in [0.3, 0.4) is 0 Å². The molecule has 4 aromatic rings. The van der Waals surface area contributed by atoms with Crippen molar-refractivity contribution in [3.05, 3.63) is 99.7 Å². The zero-order valence-corrected chi connectivity index (χ0v) is 19.1. The molecule has 0 aliphatic rings. The van der Waals surface area contributed by atoms with Gasteiger partial charge in [-0.05, 0) is 37.3 Å². The fourth-order valence-corrected chi connectivity index (χ4v) is 4.57. The molecule has 0 saturated carbocycles. The molecule has 162 valence electrons. The SMILES string of the molecule is Cc1ccc(S(=O)(=O)NN=Cc2c(Cl)n(C(=O)c3ccccc3Cl)c3ccccc23)cc1. The van der Waals surface area contributed by atoms with Gasteiger partial charge in [0.2, 0.25) is 0 Å². The van der Waals surface area contributed by atoms with Gasteiger partial charge in [-0.1, -0.05) is 71.2 Å². The Bertz CT molecular complexity index is 1460. The van der Waals surface area contributed by atoms with E-state index < -0.39 is 15.9 Å². The number of carbonyl (C=O) groups excluding carboxylic acids is 1. The van der Waals surface area contributed by atoms with E-state index in [0.29, 0.717) is 27.1 Å². The van der Waals surface area contributed by atoms with E-state index in [-0.39, 0.29) is 10.0 Å². The number of nitrogens with one attached hydrogen (secondary N) is 1. The van der Waals surface area contributed by atoms with Crippen molar-refractivity contribution in [1.29, 1.82) is 0 Å². The van der Waals surface area contributed by atoms with Gasteiger partial charge in [0.15, 0.2) is 0 Å². The van der Waals surface area contributed by atoms with Gasteiger partial charge in [0, 0.05) is 10.9 Å². The van der Waals surface area contributed by atoms with Crippen molar-refractivity contribution >= 4 is 56.2 Å². The molecule has 0 unspecified atom stereocenters. The Morgan fingerprint density at radius 2 is 1.62 bits per heavy atom. The summed E-state index contributed by atoms with van der Waals surface area (Å²) in [5.41, 5.74) is 2.18. The summed E-state index contributed by atoms with van der Waals surface area (Å²) in [7, 11) is -3.85. The molecule has 0 saturated heterocycles. The van der Waals surface area contributed by atoms with Crippen LogP contribution in [0.1, 0.15) is 21.5 Å². The third-order valence-electron chi connectivity index (χ3n) is 4.86. The van der Waals surface area contributed by atoms with Gasteiger partial charge in [-0.15, -0.1) is 0 Å². The fourth-order valence-electron chi connectivity index (χ4n) is 3.24. The number of aromatic nitrogens is 1. The summed E-state index contributed by atoms with van der Waals surface area (Å²) in [6, 6.07) is 20.1. The summed E-state index contributed by atoms with van der Waals surface area (Å²) in [6.45, 7) is 1.86. The molecule has 4 rings (SSSR count). The Labute approximate surface area is 195 Å². The number of aryl methyl sites for hydroxylation is 1. The first-order valence-electron chi connectivity index (χ1n) is 9.49. The first-order chi connectivity index (χ1) is 15.3. The van der Waals surface area contributed by atoms with Crippen LogP contribution in [0.15, 0.2) is 82.8 Å². The molecule has 0 fully saturated rings. The van der Waals surface area contributed by atoms with Crippen molar-refractivity contribution in [2.24, 2.45) is 5.10 Å². The number of fused-ring (bicyclic) bond motifs is 1. The predicted molar refractivity (Wildman–Crippen MR) is 127 cm³/mol. The molecular weight excluding hydrogens is 469 g/mol. The molecule has 1 aromatic heterocycles. The van der Waals surface area contributed by atoms with Gasteiger partial charge in [-0.3, -0.25) is 9.36 Å². The van der Waals surface area contributed by atoms with Crippen LogP contribution in [0.5, 0.6) is 0 Å².